The molecule has 0 heterocycles. The first-order valence-electron chi connectivity index (χ1n) is 6.00. The molecule has 0 saturated heterocycles. The van der Waals surface area contributed by atoms with Crippen LogP contribution in [0.4, 0.5) is 0 Å². The summed E-state index contributed by atoms with van der Waals surface area (Å²) < 4.78 is 10.6. The topological polar surface area (TPSA) is 44.5 Å². The molecule has 3 heteroatoms. The van der Waals surface area contributed by atoms with Gasteiger partial charge < -0.3 is 15.2 Å². The fraction of sp³-hybridized carbons (Fsp3) is 0.571. The third-order valence-electron chi connectivity index (χ3n) is 3.02. The molecule has 0 aliphatic carbocycles. The van der Waals surface area contributed by atoms with Crippen LogP contribution in [0.2, 0.25) is 0 Å². The van der Waals surface area contributed by atoms with Crippen molar-refractivity contribution in [3.63, 3.8) is 0 Å². The lowest BCUT2D eigenvalue weighted by Crippen LogP contribution is -2.18. The van der Waals surface area contributed by atoms with Crippen LogP contribution >= 0.6 is 0 Å². The third-order valence-corrected chi connectivity index (χ3v) is 3.02. The number of nitrogens with two attached hydrogens (primary N) is 1. The molecule has 1 aromatic rings. The van der Waals surface area contributed by atoms with Crippen LogP contribution in [0.5, 0.6) is 5.75 Å². The molecule has 1 atom stereocenters. The molecule has 0 fully saturated rings. The van der Waals surface area contributed by atoms with Crippen molar-refractivity contribution in [2.75, 3.05) is 27.4 Å². The summed E-state index contributed by atoms with van der Waals surface area (Å²) in [7, 11) is 3.39. The number of benzene rings is 1. The Labute approximate surface area is 104 Å². The van der Waals surface area contributed by atoms with Gasteiger partial charge in [0.2, 0.25) is 0 Å². The highest BCUT2D eigenvalue weighted by Gasteiger charge is 2.15. The Bertz CT molecular complexity index is 350. The van der Waals surface area contributed by atoms with Crippen LogP contribution in [0.3, 0.4) is 0 Å². The SMILES string of the molecule is COCC(CN)c1ccc(C(C)C)cc1OC. The Balaban J connectivity index is 3.06. The Morgan fingerprint density at radius 3 is 2.41 bits per heavy atom. The molecule has 1 rings (SSSR count). The normalized spacial score (nSPS) is 12.8. The first-order valence-corrected chi connectivity index (χ1v) is 6.00. The Kier molecular flexibility index (Phi) is 5.45. The van der Waals surface area contributed by atoms with Gasteiger partial charge in [0.05, 0.1) is 13.7 Å². The molecule has 0 aliphatic rings. The van der Waals surface area contributed by atoms with E-state index in [1.165, 1.54) is 5.56 Å². The van der Waals surface area contributed by atoms with E-state index in [9.17, 15) is 0 Å². The van der Waals surface area contributed by atoms with Gasteiger partial charge in [0.25, 0.3) is 0 Å². The van der Waals surface area contributed by atoms with Gasteiger partial charge >= 0.3 is 0 Å². The highest BCUT2D eigenvalue weighted by atomic mass is 16.5. The minimum absolute atomic E-state index is 0.191. The van der Waals surface area contributed by atoms with Gasteiger partial charge in [-0.25, -0.2) is 0 Å². The average molecular weight is 237 g/mol. The third kappa shape index (κ3) is 3.45. The van der Waals surface area contributed by atoms with Crippen molar-refractivity contribution in [1.82, 2.24) is 0 Å². The number of hydrogen-bond acceptors (Lipinski definition) is 3. The molecular formula is C14H23NO2. The lowest BCUT2D eigenvalue weighted by molar-refractivity contribution is 0.180. The zero-order valence-electron chi connectivity index (χ0n) is 11.2. The maximum atomic E-state index is 5.78. The summed E-state index contributed by atoms with van der Waals surface area (Å²) in [6.45, 7) is 5.52. The molecule has 1 unspecified atom stereocenters. The molecule has 0 radical (unpaired) electrons. The van der Waals surface area contributed by atoms with Crippen LogP contribution in [-0.2, 0) is 4.74 Å². The van der Waals surface area contributed by atoms with Crippen LogP contribution in [-0.4, -0.2) is 27.4 Å². The van der Waals surface area contributed by atoms with Gasteiger partial charge in [-0.3, -0.25) is 0 Å². The molecule has 2 N–H and O–H groups in total. The minimum Gasteiger partial charge on any atom is -0.496 e. The van der Waals surface area contributed by atoms with Gasteiger partial charge in [-0.15, -0.1) is 0 Å². The van der Waals surface area contributed by atoms with Crippen molar-refractivity contribution in [1.29, 1.82) is 0 Å². The Morgan fingerprint density at radius 1 is 1.24 bits per heavy atom. The van der Waals surface area contributed by atoms with Gasteiger partial charge in [-0.05, 0) is 17.5 Å². The van der Waals surface area contributed by atoms with E-state index in [2.05, 4.69) is 32.0 Å². The predicted molar refractivity (Wildman–Crippen MR) is 70.8 cm³/mol. The fourth-order valence-electron chi connectivity index (χ4n) is 1.91. The highest BCUT2D eigenvalue weighted by molar-refractivity contribution is 5.41. The molecule has 17 heavy (non-hydrogen) atoms. The van der Waals surface area contributed by atoms with Crippen molar-refractivity contribution in [3.8, 4) is 5.75 Å². The van der Waals surface area contributed by atoms with Crippen molar-refractivity contribution in [2.45, 2.75) is 25.7 Å². The zero-order chi connectivity index (χ0) is 12.8. The summed E-state index contributed by atoms with van der Waals surface area (Å²) in [6, 6.07) is 6.34. The summed E-state index contributed by atoms with van der Waals surface area (Å²) in [5, 5.41) is 0. The van der Waals surface area contributed by atoms with Gasteiger partial charge in [0, 0.05) is 25.1 Å². The van der Waals surface area contributed by atoms with Crippen molar-refractivity contribution < 1.29 is 9.47 Å². The lowest BCUT2D eigenvalue weighted by Gasteiger charge is -2.19. The first kappa shape index (κ1) is 14.0. The summed E-state index contributed by atoms with van der Waals surface area (Å²) in [6.07, 6.45) is 0. The van der Waals surface area contributed by atoms with Crippen LogP contribution in [0.15, 0.2) is 18.2 Å². The van der Waals surface area contributed by atoms with Gasteiger partial charge in [0.15, 0.2) is 0 Å². The van der Waals surface area contributed by atoms with Crippen molar-refractivity contribution in [3.05, 3.63) is 29.3 Å². The van der Waals surface area contributed by atoms with Crippen LogP contribution < -0.4 is 10.5 Å². The molecule has 0 bridgehead atoms. The summed E-state index contributed by atoms with van der Waals surface area (Å²) in [4.78, 5) is 0. The minimum atomic E-state index is 0.191. The molecular weight excluding hydrogens is 214 g/mol. The van der Waals surface area contributed by atoms with E-state index in [0.29, 0.717) is 19.1 Å². The zero-order valence-corrected chi connectivity index (χ0v) is 11.2. The van der Waals surface area contributed by atoms with E-state index in [0.717, 1.165) is 11.3 Å². The quantitative estimate of drug-likeness (QED) is 0.826. The molecule has 96 valence electrons. The smallest absolute Gasteiger partial charge is 0.122 e. The highest BCUT2D eigenvalue weighted by Crippen LogP contribution is 2.30. The van der Waals surface area contributed by atoms with Crippen molar-refractivity contribution >= 4 is 0 Å². The molecule has 1 aromatic carbocycles. The summed E-state index contributed by atoms with van der Waals surface area (Å²) in [5.74, 6) is 1.59. The second-order valence-corrected chi connectivity index (χ2v) is 4.54. The van der Waals surface area contributed by atoms with E-state index < -0.39 is 0 Å². The average Bonchev–Trinajstić information content (AvgIpc) is 2.35. The number of hydrogen-bond donors (Lipinski definition) is 1. The van der Waals surface area contributed by atoms with Crippen LogP contribution in [0, 0.1) is 0 Å². The predicted octanol–water partition coefficient (Wildman–Crippen LogP) is 2.51. The Hall–Kier alpha value is -1.06. The molecule has 0 amide bonds. The lowest BCUT2D eigenvalue weighted by atomic mass is 9.94. The second kappa shape index (κ2) is 6.62. The summed E-state index contributed by atoms with van der Waals surface area (Å²) in [5.41, 5.74) is 8.18. The van der Waals surface area contributed by atoms with E-state index in [1.54, 1.807) is 14.2 Å². The maximum Gasteiger partial charge on any atom is 0.122 e. The maximum absolute atomic E-state index is 5.78. The standard InChI is InChI=1S/C14H23NO2/c1-10(2)11-5-6-13(14(7-11)17-4)12(8-15)9-16-3/h5-7,10,12H,8-9,15H2,1-4H3. The number of ether oxygens (including phenoxy) is 2. The molecule has 0 aromatic heterocycles. The largest absolute Gasteiger partial charge is 0.496 e. The second-order valence-electron chi connectivity index (χ2n) is 4.54. The van der Waals surface area contributed by atoms with Crippen molar-refractivity contribution in [2.24, 2.45) is 5.73 Å². The van der Waals surface area contributed by atoms with E-state index in [4.69, 9.17) is 15.2 Å². The van der Waals surface area contributed by atoms with Gasteiger partial charge in [-0.1, -0.05) is 26.0 Å². The molecule has 0 spiro atoms. The molecule has 0 saturated carbocycles. The van der Waals surface area contributed by atoms with Gasteiger partial charge in [0.1, 0.15) is 5.75 Å². The van der Waals surface area contributed by atoms with E-state index >= 15 is 0 Å². The Morgan fingerprint density at radius 2 is 1.94 bits per heavy atom. The number of rotatable bonds is 6. The van der Waals surface area contributed by atoms with Gasteiger partial charge in [-0.2, -0.15) is 0 Å². The van der Waals surface area contributed by atoms with E-state index in [1.807, 2.05) is 0 Å². The fourth-order valence-corrected chi connectivity index (χ4v) is 1.91. The first-order chi connectivity index (χ1) is 8.13. The summed E-state index contributed by atoms with van der Waals surface area (Å²) >= 11 is 0. The van der Waals surface area contributed by atoms with Crippen LogP contribution in [0.1, 0.15) is 36.8 Å². The molecule has 3 nitrogen and oxygen atoms in total. The monoisotopic (exact) mass is 237 g/mol. The number of methoxy groups -OCH3 is 2. The van der Waals surface area contributed by atoms with Crippen LogP contribution in [0.25, 0.3) is 0 Å². The van der Waals surface area contributed by atoms with E-state index in [-0.39, 0.29) is 5.92 Å². The molecule has 0 aliphatic heterocycles.